The van der Waals surface area contributed by atoms with Crippen molar-refractivity contribution < 1.29 is 13.2 Å². The second-order valence-electron chi connectivity index (χ2n) is 7.82. The highest BCUT2D eigenvalue weighted by Crippen LogP contribution is 2.29. The van der Waals surface area contributed by atoms with Gasteiger partial charge in [0.25, 0.3) is 0 Å². The molecule has 1 aliphatic rings. The van der Waals surface area contributed by atoms with Gasteiger partial charge in [0.1, 0.15) is 4.90 Å². The van der Waals surface area contributed by atoms with Gasteiger partial charge in [-0.2, -0.15) is 0 Å². The lowest BCUT2D eigenvalue weighted by Gasteiger charge is -2.35. The number of likely N-dealkylation sites (tertiary alicyclic amines) is 1. The number of rotatable bonds is 6. The molecule has 162 valence electrons. The number of benzene rings is 2. The SMILES string of the molecule is CC(C(=O)Nc1ccc(Cl)c(S(=O)(=O)N(C)C)c1)N1CCC(c2ccccc2)CC1. The van der Waals surface area contributed by atoms with Crippen LogP contribution in [-0.2, 0) is 14.8 Å². The van der Waals surface area contributed by atoms with Crippen LogP contribution in [0, 0.1) is 0 Å². The highest BCUT2D eigenvalue weighted by atomic mass is 35.5. The van der Waals surface area contributed by atoms with Crippen LogP contribution in [0.15, 0.2) is 53.4 Å². The smallest absolute Gasteiger partial charge is 0.244 e. The third kappa shape index (κ3) is 5.03. The number of hydrogen-bond acceptors (Lipinski definition) is 4. The van der Waals surface area contributed by atoms with E-state index in [2.05, 4.69) is 34.5 Å². The Balaban J connectivity index is 1.64. The predicted molar refractivity (Wildman–Crippen MR) is 120 cm³/mol. The molecule has 1 saturated heterocycles. The Morgan fingerprint density at radius 1 is 1.13 bits per heavy atom. The zero-order valence-electron chi connectivity index (χ0n) is 17.5. The Kier molecular flexibility index (Phi) is 7.18. The Bertz CT molecular complexity index is 988. The summed E-state index contributed by atoms with van der Waals surface area (Å²) in [5.41, 5.74) is 1.76. The summed E-state index contributed by atoms with van der Waals surface area (Å²) in [6.07, 6.45) is 2.02. The first-order valence-corrected chi connectivity index (χ1v) is 11.8. The summed E-state index contributed by atoms with van der Waals surface area (Å²) in [5, 5.41) is 2.96. The van der Waals surface area contributed by atoms with E-state index in [1.165, 1.54) is 31.8 Å². The van der Waals surface area contributed by atoms with Crippen LogP contribution in [0.5, 0.6) is 0 Å². The molecule has 8 heteroatoms. The molecular weight excluding hydrogens is 422 g/mol. The second-order valence-corrected chi connectivity index (χ2v) is 10.3. The molecule has 0 saturated carbocycles. The molecule has 1 aliphatic heterocycles. The number of anilines is 1. The van der Waals surface area contributed by atoms with Crippen molar-refractivity contribution in [3.63, 3.8) is 0 Å². The van der Waals surface area contributed by atoms with Gasteiger partial charge in [-0.15, -0.1) is 0 Å². The highest BCUT2D eigenvalue weighted by Gasteiger charge is 2.28. The maximum absolute atomic E-state index is 12.8. The zero-order chi connectivity index (χ0) is 21.9. The maximum atomic E-state index is 12.8. The monoisotopic (exact) mass is 449 g/mol. The molecule has 6 nitrogen and oxygen atoms in total. The maximum Gasteiger partial charge on any atom is 0.244 e. The van der Waals surface area contributed by atoms with E-state index in [0.717, 1.165) is 30.2 Å². The topological polar surface area (TPSA) is 69.7 Å². The number of nitrogens with zero attached hydrogens (tertiary/aromatic N) is 2. The van der Waals surface area contributed by atoms with Crippen molar-refractivity contribution in [2.24, 2.45) is 0 Å². The molecule has 2 aromatic carbocycles. The number of nitrogens with one attached hydrogen (secondary N) is 1. The summed E-state index contributed by atoms with van der Waals surface area (Å²) in [4.78, 5) is 14.9. The average Bonchev–Trinajstić information content (AvgIpc) is 2.75. The number of sulfonamides is 1. The lowest BCUT2D eigenvalue weighted by Crippen LogP contribution is -2.45. The van der Waals surface area contributed by atoms with Crippen LogP contribution in [0.3, 0.4) is 0 Å². The van der Waals surface area contributed by atoms with E-state index in [0.29, 0.717) is 11.6 Å². The van der Waals surface area contributed by atoms with E-state index in [1.807, 2.05) is 13.0 Å². The molecule has 1 amide bonds. The van der Waals surface area contributed by atoms with E-state index in [1.54, 1.807) is 6.07 Å². The third-order valence-electron chi connectivity index (χ3n) is 5.69. The molecule has 1 unspecified atom stereocenters. The first-order valence-electron chi connectivity index (χ1n) is 10.0. The molecule has 0 aromatic heterocycles. The lowest BCUT2D eigenvalue weighted by atomic mass is 9.89. The van der Waals surface area contributed by atoms with Crippen molar-refractivity contribution in [2.45, 2.75) is 36.6 Å². The molecule has 0 radical (unpaired) electrons. The number of halogens is 1. The van der Waals surface area contributed by atoms with Gasteiger partial charge < -0.3 is 5.32 Å². The zero-order valence-corrected chi connectivity index (χ0v) is 19.1. The van der Waals surface area contributed by atoms with Gasteiger partial charge in [-0.1, -0.05) is 41.9 Å². The third-order valence-corrected chi connectivity index (χ3v) is 7.98. The van der Waals surface area contributed by atoms with E-state index in [-0.39, 0.29) is 21.9 Å². The summed E-state index contributed by atoms with van der Waals surface area (Å²) >= 11 is 6.08. The summed E-state index contributed by atoms with van der Waals surface area (Å²) in [5.74, 6) is 0.358. The minimum absolute atomic E-state index is 0.0247. The van der Waals surface area contributed by atoms with Crippen molar-refractivity contribution >= 4 is 33.2 Å². The molecule has 1 N–H and O–H groups in total. The van der Waals surface area contributed by atoms with Crippen molar-refractivity contribution in [1.29, 1.82) is 0 Å². The van der Waals surface area contributed by atoms with Crippen LogP contribution in [-0.4, -0.2) is 56.8 Å². The van der Waals surface area contributed by atoms with E-state index < -0.39 is 10.0 Å². The highest BCUT2D eigenvalue weighted by molar-refractivity contribution is 7.89. The number of hydrogen-bond donors (Lipinski definition) is 1. The van der Waals surface area contributed by atoms with Gasteiger partial charge in [-0.25, -0.2) is 12.7 Å². The van der Waals surface area contributed by atoms with Gasteiger partial charge in [-0.05, 0) is 62.5 Å². The van der Waals surface area contributed by atoms with Crippen LogP contribution in [0.4, 0.5) is 5.69 Å². The fourth-order valence-electron chi connectivity index (χ4n) is 3.73. The number of carbonyl (C=O) groups is 1. The second kappa shape index (κ2) is 9.47. The normalized spacial score (nSPS) is 17.1. The van der Waals surface area contributed by atoms with Crippen molar-refractivity contribution in [3.05, 3.63) is 59.1 Å². The molecule has 1 fully saturated rings. The molecule has 2 aromatic rings. The van der Waals surface area contributed by atoms with Crippen LogP contribution in [0.2, 0.25) is 5.02 Å². The number of piperidine rings is 1. The van der Waals surface area contributed by atoms with E-state index >= 15 is 0 Å². The van der Waals surface area contributed by atoms with Crippen LogP contribution >= 0.6 is 11.6 Å². The van der Waals surface area contributed by atoms with Gasteiger partial charge in [0.2, 0.25) is 15.9 Å². The minimum Gasteiger partial charge on any atom is -0.325 e. The van der Waals surface area contributed by atoms with Gasteiger partial charge in [0.15, 0.2) is 0 Å². The van der Waals surface area contributed by atoms with E-state index in [9.17, 15) is 13.2 Å². The quantitative estimate of drug-likeness (QED) is 0.728. The molecule has 0 spiro atoms. The molecule has 0 aliphatic carbocycles. The Hall–Kier alpha value is -1.93. The van der Waals surface area contributed by atoms with Gasteiger partial charge in [0, 0.05) is 19.8 Å². The molecule has 30 heavy (non-hydrogen) atoms. The molecule has 3 rings (SSSR count). The van der Waals surface area contributed by atoms with Crippen LogP contribution < -0.4 is 5.32 Å². The minimum atomic E-state index is -3.70. The summed E-state index contributed by atoms with van der Waals surface area (Å²) in [6.45, 7) is 3.57. The summed E-state index contributed by atoms with van der Waals surface area (Å²) in [7, 11) is -0.814. The molecule has 1 atom stereocenters. The Morgan fingerprint density at radius 3 is 2.37 bits per heavy atom. The fourth-order valence-corrected chi connectivity index (χ4v) is 5.13. The fraction of sp³-hybridized carbons (Fsp3) is 0.409. The van der Waals surface area contributed by atoms with Gasteiger partial charge in [-0.3, -0.25) is 9.69 Å². The molecule has 1 heterocycles. The van der Waals surface area contributed by atoms with Gasteiger partial charge in [0.05, 0.1) is 11.1 Å². The van der Waals surface area contributed by atoms with Crippen molar-refractivity contribution in [1.82, 2.24) is 9.21 Å². The summed E-state index contributed by atoms with van der Waals surface area (Å²) < 4.78 is 26.0. The number of carbonyl (C=O) groups excluding carboxylic acids is 1. The standard InChI is InChI=1S/C22H28ClN3O3S/c1-16(26-13-11-18(12-14-26)17-7-5-4-6-8-17)22(27)24-19-9-10-20(23)21(15-19)30(28,29)25(2)3/h4-10,15-16,18H,11-14H2,1-3H3,(H,24,27). The van der Waals surface area contributed by atoms with Crippen LogP contribution in [0.1, 0.15) is 31.2 Å². The number of amides is 1. The molecule has 0 bridgehead atoms. The summed E-state index contributed by atoms with van der Waals surface area (Å²) in [6, 6.07) is 14.7. The lowest BCUT2D eigenvalue weighted by molar-refractivity contribution is -0.121. The Morgan fingerprint density at radius 2 is 1.77 bits per heavy atom. The Labute approximate surface area is 183 Å². The molecular formula is C22H28ClN3O3S. The first kappa shape index (κ1) is 22.7. The van der Waals surface area contributed by atoms with E-state index in [4.69, 9.17) is 11.6 Å². The van der Waals surface area contributed by atoms with Crippen molar-refractivity contribution in [3.8, 4) is 0 Å². The first-order chi connectivity index (χ1) is 14.2. The van der Waals surface area contributed by atoms with Crippen LogP contribution in [0.25, 0.3) is 0 Å². The van der Waals surface area contributed by atoms with Crippen molar-refractivity contribution in [2.75, 3.05) is 32.5 Å². The average molecular weight is 450 g/mol. The largest absolute Gasteiger partial charge is 0.325 e. The van der Waals surface area contributed by atoms with Gasteiger partial charge >= 0.3 is 0 Å². The predicted octanol–water partition coefficient (Wildman–Crippen LogP) is 3.80.